The van der Waals surface area contributed by atoms with E-state index in [1.807, 2.05) is 35.7 Å². The van der Waals surface area contributed by atoms with Crippen molar-refractivity contribution in [2.45, 2.75) is 42.3 Å². The van der Waals surface area contributed by atoms with Gasteiger partial charge in [-0.1, -0.05) is 30.3 Å². The number of aromatic nitrogens is 1. The minimum atomic E-state index is -1.59. The van der Waals surface area contributed by atoms with E-state index >= 15 is 0 Å². The minimum Gasteiger partial charge on any atom is -0.619 e. The number of hydrogen-bond donors (Lipinski definition) is 2. The van der Waals surface area contributed by atoms with Crippen LogP contribution in [-0.4, -0.2) is 27.6 Å². The Morgan fingerprint density at radius 1 is 1.23 bits per heavy atom. The average molecular weight is 439 g/mol. The van der Waals surface area contributed by atoms with Crippen molar-refractivity contribution < 1.29 is 24.2 Å². The Morgan fingerprint density at radius 3 is 2.71 bits per heavy atom. The first kappa shape index (κ1) is 19.9. The number of carbonyl (C=O) groups is 2. The lowest BCUT2D eigenvalue weighted by molar-refractivity contribution is -0.606. The van der Waals surface area contributed by atoms with Gasteiger partial charge in [0.15, 0.2) is 12.4 Å². The smallest absolute Gasteiger partial charge is 0.339 e. The van der Waals surface area contributed by atoms with Crippen LogP contribution in [0.4, 0.5) is 0 Å². The fraction of sp³-hybridized carbons (Fsp3) is 0.318. The summed E-state index contributed by atoms with van der Waals surface area (Å²) in [4.78, 5) is 25.3. The zero-order valence-electron chi connectivity index (χ0n) is 16.6. The maximum atomic E-state index is 13.0. The van der Waals surface area contributed by atoms with Crippen molar-refractivity contribution in [3.05, 3.63) is 82.3 Å². The molecule has 5 rings (SSSR count). The van der Waals surface area contributed by atoms with Crippen LogP contribution in [0.25, 0.3) is 0 Å². The molecule has 1 unspecified atom stereocenters. The summed E-state index contributed by atoms with van der Waals surface area (Å²) in [6.45, 7) is 0. The molecule has 1 aliphatic carbocycles. The van der Waals surface area contributed by atoms with Crippen molar-refractivity contribution in [1.29, 1.82) is 0 Å². The molecule has 0 saturated heterocycles. The number of ether oxygens (including phenoxy) is 1. The van der Waals surface area contributed by atoms with E-state index < -0.39 is 23.1 Å². The number of carbonyl (C=O) groups excluding carboxylic acids is 2. The Kier molecular flexibility index (Phi) is 4.67. The Bertz CT molecular complexity index is 1070. The van der Waals surface area contributed by atoms with E-state index in [4.69, 9.17) is 4.74 Å². The monoisotopic (exact) mass is 439 g/mol. The molecule has 0 radical (unpaired) electrons. The summed E-state index contributed by atoms with van der Waals surface area (Å²) >= 11 is 1.56. The van der Waals surface area contributed by atoms with Gasteiger partial charge in [0.2, 0.25) is 0 Å². The van der Waals surface area contributed by atoms with Gasteiger partial charge in [-0.25, -0.2) is 4.79 Å². The molecule has 3 aliphatic rings. The van der Waals surface area contributed by atoms with Crippen molar-refractivity contribution in [2.75, 3.05) is 0 Å². The van der Waals surface area contributed by atoms with Crippen molar-refractivity contribution in [2.24, 2.45) is 0 Å². The zero-order valence-corrected chi connectivity index (χ0v) is 17.4. The summed E-state index contributed by atoms with van der Waals surface area (Å²) in [6, 6.07) is 11.2. The second kappa shape index (κ2) is 7.28. The molecule has 31 heavy (non-hydrogen) atoms. The lowest BCUT2D eigenvalue weighted by atomic mass is 9.73. The number of fused-ring (bicyclic) bond motifs is 2. The third kappa shape index (κ3) is 3.34. The molecule has 1 aromatic heterocycles. The number of nitrogens with one attached hydrogen (secondary N) is 1. The number of nitrogens with zero attached hydrogens (tertiary/aromatic N) is 2. The number of rotatable bonds is 3. The average Bonchev–Trinajstić information content (AvgIpc) is 3.34. The molecule has 160 valence electrons. The molecule has 8 nitrogen and oxygen atoms in total. The lowest BCUT2D eigenvalue weighted by Crippen LogP contribution is -2.55. The summed E-state index contributed by atoms with van der Waals surface area (Å²) in [5.74, 6) is -0.970. The van der Waals surface area contributed by atoms with Gasteiger partial charge in [-0.3, -0.25) is 15.2 Å². The first-order valence-electron chi connectivity index (χ1n) is 10.1. The van der Waals surface area contributed by atoms with E-state index in [9.17, 15) is 19.9 Å². The zero-order chi connectivity index (χ0) is 21.6. The third-order valence-corrected chi connectivity index (χ3v) is 7.27. The van der Waals surface area contributed by atoms with Crippen LogP contribution >= 0.6 is 11.8 Å². The van der Waals surface area contributed by atoms with E-state index in [0.29, 0.717) is 15.9 Å². The predicted molar refractivity (Wildman–Crippen MR) is 112 cm³/mol. The summed E-state index contributed by atoms with van der Waals surface area (Å²) < 4.78 is 6.27. The number of aliphatic hydroxyl groups is 1. The molecular formula is C22H21N3O5S. The van der Waals surface area contributed by atoms with Crippen LogP contribution in [0.2, 0.25) is 0 Å². The van der Waals surface area contributed by atoms with Crippen LogP contribution in [0.1, 0.15) is 52.5 Å². The second-order valence-electron chi connectivity index (χ2n) is 8.08. The molecule has 9 heteroatoms. The van der Waals surface area contributed by atoms with Gasteiger partial charge in [-0.15, -0.1) is 11.8 Å². The number of thioether (sulfide) groups is 1. The third-order valence-electron chi connectivity index (χ3n) is 6.24. The topological polar surface area (TPSA) is 106 Å². The highest BCUT2D eigenvalue weighted by molar-refractivity contribution is 8.02. The number of hydrazine groups is 1. The van der Waals surface area contributed by atoms with E-state index in [1.165, 1.54) is 18.5 Å². The summed E-state index contributed by atoms with van der Waals surface area (Å²) in [7, 11) is 0. The van der Waals surface area contributed by atoms with Crippen molar-refractivity contribution in [3.8, 4) is 0 Å². The Labute approximate surface area is 183 Å². The van der Waals surface area contributed by atoms with Crippen LogP contribution in [0.15, 0.2) is 60.4 Å². The summed E-state index contributed by atoms with van der Waals surface area (Å²) in [5, 5.41) is 26.3. The van der Waals surface area contributed by atoms with Crippen LogP contribution in [0.5, 0.6) is 0 Å². The fourth-order valence-corrected chi connectivity index (χ4v) is 5.38. The highest BCUT2D eigenvalue weighted by Crippen LogP contribution is 2.49. The highest BCUT2D eigenvalue weighted by Gasteiger charge is 2.54. The molecule has 3 heterocycles. The SMILES string of the molecule is O=C1O[C@]2(CC[C@](O)(C(=O)NN3C=CSC3c3ccccc3)CC2)c2c[n+]([O-])ccc21. The molecule has 2 aromatic rings. The van der Waals surface area contributed by atoms with Gasteiger partial charge in [0.05, 0.1) is 11.1 Å². The molecule has 0 bridgehead atoms. The lowest BCUT2D eigenvalue weighted by Gasteiger charge is -2.40. The van der Waals surface area contributed by atoms with Gasteiger partial charge in [-0.2, -0.15) is 4.73 Å². The number of esters is 1. The van der Waals surface area contributed by atoms with Gasteiger partial charge in [0.1, 0.15) is 16.6 Å². The quantitative estimate of drug-likeness (QED) is 0.429. The number of pyridine rings is 1. The Hall–Kier alpha value is -3.04. The molecule has 1 spiro atoms. The number of benzene rings is 1. The fourth-order valence-electron chi connectivity index (χ4n) is 4.46. The van der Waals surface area contributed by atoms with Crippen LogP contribution in [-0.2, 0) is 15.1 Å². The van der Waals surface area contributed by atoms with Crippen LogP contribution in [0.3, 0.4) is 0 Å². The maximum Gasteiger partial charge on any atom is 0.339 e. The maximum absolute atomic E-state index is 13.0. The molecular weight excluding hydrogens is 418 g/mol. The molecule has 2 aliphatic heterocycles. The van der Waals surface area contributed by atoms with Crippen LogP contribution in [0, 0.1) is 5.21 Å². The van der Waals surface area contributed by atoms with Crippen molar-refractivity contribution >= 4 is 23.6 Å². The van der Waals surface area contributed by atoms with Crippen molar-refractivity contribution in [1.82, 2.24) is 10.4 Å². The highest BCUT2D eigenvalue weighted by atomic mass is 32.2. The molecule has 2 N–H and O–H groups in total. The van der Waals surface area contributed by atoms with E-state index in [1.54, 1.807) is 23.0 Å². The standard InChI is InChI=1S/C22H21N3O5S/c26-19-16-6-11-24(29)14-17(16)22(30-19)9-7-21(28,8-10-22)20(27)23-25-12-13-31-18(25)15-4-2-1-3-5-15/h1-6,11-14,18,28H,7-10H2,(H,23,27)/t18?,21-,22+. The van der Waals surface area contributed by atoms with Gasteiger partial charge >= 0.3 is 5.97 Å². The van der Waals surface area contributed by atoms with Crippen LogP contribution < -0.4 is 10.2 Å². The van der Waals surface area contributed by atoms with E-state index in [2.05, 4.69) is 5.43 Å². The summed E-state index contributed by atoms with van der Waals surface area (Å²) in [5.41, 5.74) is 2.20. The largest absolute Gasteiger partial charge is 0.619 e. The number of hydrogen-bond acceptors (Lipinski definition) is 7. The molecule has 1 aromatic carbocycles. The number of amides is 1. The van der Waals surface area contributed by atoms with Gasteiger partial charge in [-0.05, 0) is 36.7 Å². The predicted octanol–water partition coefficient (Wildman–Crippen LogP) is 2.24. The molecule has 1 atom stereocenters. The van der Waals surface area contributed by atoms with Gasteiger partial charge < -0.3 is 15.1 Å². The first-order valence-corrected chi connectivity index (χ1v) is 11.0. The van der Waals surface area contributed by atoms with Crippen molar-refractivity contribution in [3.63, 3.8) is 0 Å². The molecule has 1 saturated carbocycles. The Morgan fingerprint density at radius 2 is 1.97 bits per heavy atom. The summed E-state index contributed by atoms with van der Waals surface area (Å²) in [6.07, 6.45) is 5.12. The van der Waals surface area contributed by atoms with E-state index in [0.717, 1.165) is 5.56 Å². The second-order valence-corrected chi connectivity index (χ2v) is 9.07. The minimum absolute atomic E-state index is 0.111. The molecule has 1 fully saturated rings. The van der Waals surface area contributed by atoms with Gasteiger partial charge in [0, 0.05) is 12.3 Å². The normalized spacial score (nSPS) is 29.1. The van der Waals surface area contributed by atoms with E-state index in [-0.39, 0.29) is 31.1 Å². The Balaban J connectivity index is 1.30. The first-order chi connectivity index (χ1) is 14.9. The molecule has 1 amide bonds. The van der Waals surface area contributed by atoms with Gasteiger partial charge in [0.25, 0.3) is 5.91 Å².